The van der Waals surface area contributed by atoms with Gasteiger partial charge in [0.25, 0.3) is 5.92 Å². The van der Waals surface area contributed by atoms with E-state index in [1.807, 2.05) is 11.9 Å². The molecule has 3 aliphatic rings. The van der Waals surface area contributed by atoms with Crippen LogP contribution >= 0.6 is 0 Å². The number of likely N-dealkylation sites (tertiary alicyclic amines) is 1. The molecular weight excluding hydrogens is 212 g/mol. The monoisotopic (exact) mass is 229 g/mol. The third-order valence-electron chi connectivity index (χ3n) is 4.95. The summed E-state index contributed by atoms with van der Waals surface area (Å²) in [5.74, 6) is -2.61. The first-order chi connectivity index (χ1) is 7.42. The van der Waals surface area contributed by atoms with E-state index in [0.717, 1.165) is 6.54 Å². The zero-order chi connectivity index (χ0) is 11.7. The molecule has 0 aromatic rings. The van der Waals surface area contributed by atoms with Gasteiger partial charge in [-0.3, -0.25) is 9.69 Å². The molecule has 0 aromatic heterocycles. The molecule has 0 radical (unpaired) electrons. The molecule has 5 atom stereocenters. The average molecular weight is 229 g/mol. The summed E-state index contributed by atoms with van der Waals surface area (Å²) in [7, 11) is 1.89. The van der Waals surface area contributed by atoms with Gasteiger partial charge >= 0.3 is 0 Å². The van der Waals surface area contributed by atoms with Crippen LogP contribution in [0.15, 0.2) is 0 Å². The van der Waals surface area contributed by atoms with Gasteiger partial charge < -0.3 is 0 Å². The Morgan fingerprint density at radius 3 is 2.75 bits per heavy atom. The van der Waals surface area contributed by atoms with Crippen LogP contribution in [0.1, 0.15) is 19.8 Å². The Labute approximate surface area is 94.0 Å². The van der Waals surface area contributed by atoms with Gasteiger partial charge in [0.05, 0.1) is 6.04 Å². The average Bonchev–Trinajstić information content (AvgIpc) is 2.70. The highest BCUT2D eigenvalue weighted by atomic mass is 19.3. The van der Waals surface area contributed by atoms with Gasteiger partial charge in [-0.25, -0.2) is 8.78 Å². The van der Waals surface area contributed by atoms with E-state index in [-0.39, 0.29) is 30.1 Å². The molecular formula is C12H17F2NO. The van der Waals surface area contributed by atoms with Gasteiger partial charge in [0, 0.05) is 18.9 Å². The Hall–Kier alpha value is -0.510. The summed E-state index contributed by atoms with van der Waals surface area (Å²) < 4.78 is 27.4. The van der Waals surface area contributed by atoms with Crippen molar-refractivity contribution in [3.8, 4) is 0 Å². The molecule has 1 saturated heterocycles. The maximum atomic E-state index is 13.7. The van der Waals surface area contributed by atoms with E-state index in [1.54, 1.807) is 0 Å². The van der Waals surface area contributed by atoms with Gasteiger partial charge in [-0.05, 0) is 38.1 Å². The number of halogens is 2. The van der Waals surface area contributed by atoms with Crippen LogP contribution in [0, 0.1) is 23.7 Å². The standard InChI is InChI=1S/C12H17F2NO/c1-6(16)11-10-8(5-15(11)2)7-3-9(10)12(13,14)4-7/h7-11H,3-5H2,1-2H3/t7-,8+,9-,10+,11+/m0/s1. The zero-order valence-electron chi connectivity index (χ0n) is 9.62. The van der Waals surface area contributed by atoms with E-state index < -0.39 is 11.8 Å². The number of ketones is 1. The molecule has 2 saturated carbocycles. The molecule has 0 N–H and O–H groups in total. The van der Waals surface area contributed by atoms with Gasteiger partial charge in [-0.1, -0.05) is 0 Å². The summed E-state index contributed by atoms with van der Waals surface area (Å²) in [4.78, 5) is 13.6. The van der Waals surface area contributed by atoms with Crippen molar-refractivity contribution in [3.05, 3.63) is 0 Å². The largest absolute Gasteiger partial charge is 0.298 e. The number of carbonyl (C=O) groups excluding carboxylic acids is 1. The number of carbonyl (C=O) groups is 1. The lowest BCUT2D eigenvalue weighted by Crippen LogP contribution is -2.43. The van der Waals surface area contributed by atoms with Crippen LogP contribution in [0.3, 0.4) is 0 Å². The summed E-state index contributed by atoms with van der Waals surface area (Å²) in [6.07, 6.45) is 0.692. The Morgan fingerprint density at radius 2 is 2.12 bits per heavy atom. The second-order valence-electron chi connectivity index (χ2n) is 5.80. The number of fused-ring (bicyclic) bond motifs is 5. The zero-order valence-corrected chi connectivity index (χ0v) is 9.62. The fourth-order valence-corrected chi connectivity index (χ4v) is 4.51. The molecule has 1 aliphatic heterocycles. The number of Topliss-reactive ketones (excluding diaryl/α,β-unsaturated/α-hetero) is 1. The summed E-state index contributed by atoms with van der Waals surface area (Å²) in [6, 6.07) is -0.258. The summed E-state index contributed by atoms with van der Waals surface area (Å²) in [6.45, 7) is 2.36. The van der Waals surface area contributed by atoms with Gasteiger partial charge in [-0.15, -0.1) is 0 Å². The molecule has 2 bridgehead atoms. The topological polar surface area (TPSA) is 20.3 Å². The molecule has 1 heterocycles. The number of rotatable bonds is 1. The fraction of sp³-hybridized carbons (Fsp3) is 0.917. The van der Waals surface area contributed by atoms with Crippen molar-refractivity contribution in [3.63, 3.8) is 0 Å². The first kappa shape index (κ1) is 10.6. The minimum absolute atomic E-state index is 0.0529. The first-order valence-corrected chi connectivity index (χ1v) is 6.00. The van der Waals surface area contributed by atoms with Gasteiger partial charge in [0.2, 0.25) is 0 Å². The number of likely N-dealkylation sites (N-methyl/N-ethyl adjacent to an activating group) is 1. The molecule has 16 heavy (non-hydrogen) atoms. The molecule has 0 amide bonds. The SMILES string of the molecule is CC(=O)[C@@H]1[C@@H]2[C@H](CN1C)[C@H]1C[C@@H]2C(F)(F)C1. The number of hydrogen-bond acceptors (Lipinski definition) is 2. The van der Waals surface area contributed by atoms with Crippen LogP contribution in [0.5, 0.6) is 0 Å². The van der Waals surface area contributed by atoms with Crippen molar-refractivity contribution in [1.82, 2.24) is 4.90 Å². The van der Waals surface area contributed by atoms with Crippen LogP contribution in [0.2, 0.25) is 0 Å². The molecule has 2 aliphatic carbocycles. The van der Waals surface area contributed by atoms with E-state index in [0.29, 0.717) is 12.3 Å². The number of nitrogens with zero attached hydrogens (tertiary/aromatic N) is 1. The molecule has 0 unspecified atom stereocenters. The summed E-state index contributed by atoms with van der Waals surface area (Å²) >= 11 is 0. The highest BCUT2D eigenvalue weighted by molar-refractivity contribution is 5.82. The lowest BCUT2D eigenvalue weighted by molar-refractivity contribution is -0.126. The smallest absolute Gasteiger partial charge is 0.251 e. The summed E-state index contributed by atoms with van der Waals surface area (Å²) in [5, 5.41) is 0. The highest BCUT2D eigenvalue weighted by Crippen LogP contribution is 2.62. The van der Waals surface area contributed by atoms with Crippen LogP contribution in [-0.2, 0) is 4.79 Å². The van der Waals surface area contributed by atoms with Crippen LogP contribution < -0.4 is 0 Å². The second kappa shape index (κ2) is 3.03. The third kappa shape index (κ3) is 1.17. The quantitative estimate of drug-likeness (QED) is 0.683. The van der Waals surface area contributed by atoms with E-state index in [2.05, 4.69) is 0 Å². The fourth-order valence-electron chi connectivity index (χ4n) is 4.51. The van der Waals surface area contributed by atoms with Crippen LogP contribution in [0.4, 0.5) is 8.78 Å². The van der Waals surface area contributed by atoms with Crippen molar-refractivity contribution in [2.75, 3.05) is 13.6 Å². The highest BCUT2D eigenvalue weighted by Gasteiger charge is 2.66. The molecule has 3 rings (SSSR count). The van der Waals surface area contributed by atoms with Crippen molar-refractivity contribution >= 4 is 5.78 Å². The molecule has 0 aromatic carbocycles. The predicted octanol–water partition coefficient (Wildman–Crippen LogP) is 1.80. The Balaban J connectivity index is 1.95. The van der Waals surface area contributed by atoms with Gasteiger partial charge in [-0.2, -0.15) is 0 Å². The van der Waals surface area contributed by atoms with Crippen molar-refractivity contribution in [2.24, 2.45) is 23.7 Å². The maximum absolute atomic E-state index is 13.7. The minimum Gasteiger partial charge on any atom is -0.298 e. The molecule has 3 fully saturated rings. The van der Waals surface area contributed by atoms with E-state index in [1.165, 1.54) is 6.92 Å². The van der Waals surface area contributed by atoms with E-state index in [4.69, 9.17) is 0 Å². The molecule has 4 heteroatoms. The maximum Gasteiger partial charge on any atom is 0.251 e. The Kier molecular flexibility index (Phi) is 2.01. The van der Waals surface area contributed by atoms with Gasteiger partial charge in [0.1, 0.15) is 5.78 Å². The van der Waals surface area contributed by atoms with Crippen molar-refractivity contribution < 1.29 is 13.6 Å². The van der Waals surface area contributed by atoms with Crippen LogP contribution in [0.25, 0.3) is 0 Å². The second-order valence-corrected chi connectivity index (χ2v) is 5.80. The minimum atomic E-state index is -2.52. The molecule has 0 spiro atoms. The lowest BCUT2D eigenvalue weighted by Gasteiger charge is -2.33. The first-order valence-electron chi connectivity index (χ1n) is 6.00. The van der Waals surface area contributed by atoms with Crippen molar-refractivity contribution in [1.29, 1.82) is 0 Å². The molecule has 2 nitrogen and oxygen atoms in total. The Bertz CT molecular complexity index is 344. The normalized spacial score (nSPS) is 49.6. The number of hydrogen-bond donors (Lipinski definition) is 0. The predicted molar refractivity (Wildman–Crippen MR) is 55.2 cm³/mol. The van der Waals surface area contributed by atoms with Crippen molar-refractivity contribution in [2.45, 2.75) is 31.7 Å². The number of alkyl halides is 2. The van der Waals surface area contributed by atoms with Crippen LogP contribution in [-0.4, -0.2) is 36.2 Å². The summed E-state index contributed by atoms with van der Waals surface area (Å²) in [5.41, 5.74) is 0. The molecule has 90 valence electrons. The lowest BCUT2D eigenvalue weighted by atomic mass is 9.76. The van der Waals surface area contributed by atoms with Gasteiger partial charge in [0.15, 0.2) is 0 Å². The van der Waals surface area contributed by atoms with E-state index in [9.17, 15) is 13.6 Å². The third-order valence-corrected chi connectivity index (χ3v) is 4.95. The Morgan fingerprint density at radius 1 is 1.44 bits per heavy atom. The van der Waals surface area contributed by atoms with E-state index >= 15 is 0 Å².